The van der Waals surface area contributed by atoms with Gasteiger partial charge in [-0.05, 0) is 30.7 Å². The summed E-state index contributed by atoms with van der Waals surface area (Å²) in [6, 6.07) is 4.48. The molecule has 0 spiro atoms. The topological polar surface area (TPSA) is 32.3 Å². The van der Waals surface area contributed by atoms with Crippen LogP contribution in [-0.4, -0.2) is 24.0 Å². The number of nitrogens with one attached hydrogen (secondary N) is 1. The van der Waals surface area contributed by atoms with Crippen LogP contribution in [-0.2, 0) is 0 Å². The maximum Gasteiger partial charge on any atom is 0.317 e. The fraction of sp³-hybridized carbons (Fsp3) is 0.667. The molecule has 1 fully saturated rings. The molecular weight excluding hydrogens is 256 g/mol. The highest BCUT2D eigenvalue weighted by atomic mass is 32.1. The van der Waals surface area contributed by atoms with E-state index in [1.54, 1.807) is 11.3 Å². The first-order valence-corrected chi connectivity index (χ1v) is 8.28. The van der Waals surface area contributed by atoms with E-state index in [0.717, 1.165) is 38.8 Å². The average molecular weight is 280 g/mol. The normalized spacial score (nSPS) is 17.8. The van der Waals surface area contributed by atoms with Gasteiger partial charge in [0.1, 0.15) is 0 Å². The summed E-state index contributed by atoms with van der Waals surface area (Å²) in [4.78, 5) is 15.6. The smallest absolute Gasteiger partial charge is 0.317 e. The zero-order valence-corrected chi connectivity index (χ0v) is 12.5. The molecule has 1 aromatic heterocycles. The van der Waals surface area contributed by atoms with E-state index in [0.29, 0.717) is 0 Å². The van der Waals surface area contributed by atoms with Crippen LogP contribution in [0.25, 0.3) is 0 Å². The molecule has 1 aliphatic rings. The van der Waals surface area contributed by atoms with Gasteiger partial charge in [-0.2, -0.15) is 0 Å². The van der Waals surface area contributed by atoms with Crippen molar-refractivity contribution in [3.63, 3.8) is 0 Å². The summed E-state index contributed by atoms with van der Waals surface area (Å²) in [6.07, 6.45) is 6.90. The minimum absolute atomic E-state index is 0.119. The van der Waals surface area contributed by atoms with Gasteiger partial charge in [0, 0.05) is 18.0 Å². The van der Waals surface area contributed by atoms with Crippen LogP contribution in [0, 0.1) is 0 Å². The van der Waals surface area contributed by atoms with Crippen molar-refractivity contribution in [2.24, 2.45) is 0 Å². The van der Waals surface area contributed by atoms with Crippen LogP contribution in [0.5, 0.6) is 0 Å². The molecule has 1 N–H and O–H groups in total. The number of amides is 2. The van der Waals surface area contributed by atoms with Crippen molar-refractivity contribution in [2.45, 2.75) is 51.5 Å². The van der Waals surface area contributed by atoms with E-state index in [4.69, 9.17) is 0 Å². The second-order valence-electron chi connectivity index (χ2n) is 5.21. The minimum Gasteiger partial charge on any atom is -0.330 e. The zero-order chi connectivity index (χ0) is 13.5. The van der Waals surface area contributed by atoms with Gasteiger partial charge in [-0.1, -0.05) is 32.3 Å². The Morgan fingerprint density at radius 3 is 2.68 bits per heavy atom. The van der Waals surface area contributed by atoms with Crippen molar-refractivity contribution in [3.8, 4) is 0 Å². The molecule has 2 rings (SSSR count). The molecule has 0 saturated carbocycles. The highest BCUT2D eigenvalue weighted by Crippen LogP contribution is 2.23. The lowest BCUT2D eigenvalue weighted by Gasteiger charge is -2.24. The number of likely N-dealkylation sites (tertiary alicyclic amines) is 1. The average Bonchev–Trinajstić information content (AvgIpc) is 2.80. The Hall–Kier alpha value is -1.03. The van der Waals surface area contributed by atoms with Crippen molar-refractivity contribution in [3.05, 3.63) is 22.4 Å². The third-order valence-corrected chi connectivity index (χ3v) is 4.64. The molecular formula is C15H24N2OS. The Kier molecular flexibility index (Phi) is 5.70. The highest BCUT2D eigenvalue weighted by molar-refractivity contribution is 7.10. The van der Waals surface area contributed by atoms with E-state index in [-0.39, 0.29) is 12.1 Å². The molecule has 1 unspecified atom stereocenters. The number of nitrogens with zero attached hydrogens (tertiary/aromatic N) is 1. The highest BCUT2D eigenvalue weighted by Gasteiger charge is 2.20. The number of carbonyl (C=O) groups is 1. The molecule has 2 heterocycles. The maximum absolute atomic E-state index is 12.4. The number of carbonyl (C=O) groups excluding carboxylic acids is 1. The predicted molar refractivity (Wildman–Crippen MR) is 80.5 cm³/mol. The quantitative estimate of drug-likeness (QED) is 0.882. The fourth-order valence-corrected chi connectivity index (χ4v) is 3.39. The first-order valence-electron chi connectivity index (χ1n) is 7.40. The third-order valence-electron chi connectivity index (χ3n) is 3.65. The molecule has 0 aromatic carbocycles. The minimum atomic E-state index is 0.119. The van der Waals surface area contributed by atoms with Crippen LogP contribution in [0.4, 0.5) is 4.79 Å². The van der Waals surface area contributed by atoms with Gasteiger partial charge in [0.05, 0.1) is 6.04 Å². The van der Waals surface area contributed by atoms with Crippen molar-refractivity contribution in [2.75, 3.05) is 13.1 Å². The number of thiophene rings is 1. The van der Waals surface area contributed by atoms with Crippen LogP contribution in [0.2, 0.25) is 0 Å². The zero-order valence-electron chi connectivity index (χ0n) is 11.7. The lowest BCUT2D eigenvalue weighted by molar-refractivity contribution is 0.195. The first-order chi connectivity index (χ1) is 9.31. The standard InChI is InChI=1S/C15H24N2OS/c1-2-8-13(14-9-7-12-19-14)16-15(18)17-10-5-3-4-6-11-17/h7,9,12-13H,2-6,8,10-11H2,1H3,(H,16,18). The Labute approximate surface area is 120 Å². The van der Waals surface area contributed by atoms with Gasteiger partial charge in [0.25, 0.3) is 0 Å². The number of hydrogen-bond donors (Lipinski definition) is 1. The Morgan fingerprint density at radius 1 is 1.37 bits per heavy atom. The molecule has 1 aliphatic heterocycles. The van der Waals surface area contributed by atoms with E-state index >= 15 is 0 Å². The van der Waals surface area contributed by atoms with Crippen LogP contribution < -0.4 is 5.32 Å². The largest absolute Gasteiger partial charge is 0.330 e. The summed E-state index contributed by atoms with van der Waals surface area (Å²) in [5.74, 6) is 0. The van der Waals surface area contributed by atoms with Crippen molar-refractivity contribution < 1.29 is 4.79 Å². The SMILES string of the molecule is CCCC(NC(=O)N1CCCCCC1)c1cccs1. The maximum atomic E-state index is 12.4. The molecule has 0 bridgehead atoms. The van der Waals surface area contributed by atoms with Gasteiger partial charge in [-0.3, -0.25) is 0 Å². The molecule has 0 radical (unpaired) electrons. The first kappa shape index (κ1) is 14.4. The van der Waals surface area contributed by atoms with E-state index in [2.05, 4.69) is 29.8 Å². The molecule has 1 aromatic rings. The summed E-state index contributed by atoms with van der Waals surface area (Å²) in [5, 5.41) is 5.29. The predicted octanol–water partition coefficient (Wildman–Crippen LogP) is 4.17. The van der Waals surface area contributed by atoms with Crippen LogP contribution in [0.15, 0.2) is 17.5 Å². The number of urea groups is 1. The van der Waals surface area contributed by atoms with E-state index in [1.807, 2.05) is 4.90 Å². The molecule has 1 saturated heterocycles. The molecule has 3 nitrogen and oxygen atoms in total. The Bertz CT molecular complexity index is 370. The summed E-state index contributed by atoms with van der Waals surface area (Å²) in [6.45, 7) is 3.99. The summed E-state index contributed by atoms with van der Waals surface area (Å²) in [7, 11) is 0. The van der Waals surface area contributed by atoms with Crippen LogP contribution in [0.1, 0.15) is 56.4 Å². The van der Waals surface area contributed by atoms with Gasteiger partial charge in [-0.25, -0.2) is 4.79 Å². The second-order valence-corrected chi connectivity index (χ2v) is 6.19. The second kappa shape index (κ2) is 7.53. The van der Waals surface area contributed by atoms with Crippen molar-refractivity contribution >= 4 is 17.4 Å². The van der Waals surface area contributed by atoms with Gasteiger partial charge >= 0.3 is 6.03 Å². The van der Waals surface area contributed by atoms with Gasteiger partial charge in [0.2, 0.25) is 0 Å². The molecule has 106 valence electrons. The van der Waals surface area contributed by atoms with Crippen LogP contribution >= 0.6 is 11.3 Å². The van der Waals surface area contributed by atoms with Gasteiger partial charge in [0.15, 0.2) is 0 Å². The molecule has 4 heteroatoms. The van der Waals surface area contributed by atoms with Crippen molar-refractivity contribution in [1.29, 1.82) is 0 Å². The van der Waals surface area contributed by atoms with Gasteiger partial charge < -0.3 is 10.2 Å². The van der Waals surface area contributed by atoms with E-state index in [9.17, 15) is 4.79 Å². The van der Waals surface area contributed by atoms with Gasteiger partial charge in [-0.15, -0.1) is 11.3 Å². The molecule has 19 heavy (non-hydrogen) atoms. The van der Waals surface area contributed by atoms with Crippen LogP contribution in [0.3, 0.4) is 0 Å². The molecule has 1 atom stereocenters. The molecule has 2 amide bonds. The van der Waals surface area contributed by atoms with E-state index < -0.39 is 0 Å². The lowest BCUT2D eigenvalue weighted by Crippen LogP contribution is -2.42. The third kappa shape index (κ3) is 4.23. The Morgan fingerprint density at radius 2 is 2.11 bits per heavy atom. The Balaban J connectivity index is 1.94. The lowest BCUT2D eigenvalue weighted by atomic mass is 10.1. The summed E-state index contributed by atoms with van der Waals surface area (Å²) >= 11 is 1.73. The number of hydrogen-bond acceptors (Lipinski definition) is 2. The summed E-state index contributed by atoms with van der Waals surface area (Å²) < 4.78 is 0. The monoisotopic (exact) mass is 280 g/mol. The van der Waals surface area contributed by atoms with Crippen molar-refractivity contribution in [1.82, 2.24) is 10.2 Å². The fourth-order valence-electron chi connectivity index (χ4n) is 2.58. The van der Waals surface area contributed by atoms with E-state index in [1.165, 1.54) is 17.7 Å². The summed E-state index contributed by atoms with van der Waals surface area (Å²) in [5.41, 5.74) is 0. The molecule has 0 aliphatic carbocycles. The number of rotatable bonds is 4.